The third-order valence-electron chi connectivity index (χ3n) is 7.52. The number of nitro benzene ring substituents is 1. The Balaban J connectivity index is 1.58. The lowest BCUT2D eigenvalue weighted by atomic mass is 9.70. The number of hydrogen-bond acceptors (Lipinski definition) is 4. The third-order valence-corrected chi connectivity index (χ3v) is 7.52. The van der Waals surface area contributed by atoms with Gasteiger partial charge >= 0.3 is 5.97 Å². The van der Waals surface area contributed by atoms with Crippen LogP contribution in [0.5, 0.6) is 0 Å². The van der Waals surface area contributed by atoms with Crippen molar-refractivity contribution in [1.29, 1.82) is 0 Å². The molecule has 0 spiro atoms. The topological polar surface area (TPSA) is 83.7 Å². The van der Waals surface area contributed by atoms with Gasteiger partial charge in [-0.15, -0.1) is 0 Å². The minimum atomic E-state index is -0.894. The van der Waals surface area contributed by atoms with Gasteiger partial charge in [0.15, 0.2) is 0 Å². The summed E-state index contributed by atoms with van der Waals surface area (Å²) in [5, 5.41) is 21.2. The van der Waals surface area contributed by atoms with Gasteiger partial charge in [0.25, 0.3) is 5.69 Å². The van der Waals surface area contributed by atoms with Crippen LogP contribution in [0.25, 0.3) is 0 Å². The van der Waals surface area contributed by atoms with Crippen molar-refractivity contribution in [2.75, 3.05) is 11.4 Å². The van der Waals surface area contributed by atoms with E-state index in [0.717, 1.165) is 41.8 Å². The van der Waals surface area contributed by atoms with E-state index in [-0.39, 0.29) is 34.4 Å². The number of rotatable bonds is 3. The molecule has 0 fully saturated rings. The number of anilines is 1. The zero-order valence-electron chi connectivity index (χ0n) is 16.8. The molecule has 2 aromatic carbocycles. The van der Waals surface area contributed by atoms with Crippen molar-refractivity contribution >= 4 is 17.3 Å². The highest BCUT2D eigenvalue weighted by atomic mass is 16.6. The molecule has 0 unspecified atom stereocenters. The Labute approximate surface area is 179 Å². The highest BCUT2D eigenvalue weighted by Gasteiger charge is 2.48. The maximum absolute atomic E-state index is 11.9. The number of carboxylic acids is 1. The van der Waals surface area contributed by atoms with Gasteiger partial charge in [-0.3, -0.25) is 10.1 Å². The first-order valence-corrected chi connectivity index (χ1v) is 10.8. The maximum Gasteiger partial charge on any atom is 0.335 e. The van der Waals surface area contributed by atoms with Gasteiger partial charge in [-0.1, -0.05) is 36.4 Å². The highest BCUT2D eigenvalue weighted by molar-refractivity contribution is 5.90. The monoisotopic (exact) mass is 414 g/mol. The van der Waals surface area contributed by atoms with E-state index in [1.165, 1.54) is 0 Å². The molecule has 0 aromatic heterocycles. The van der Waals surface area contributed by atoms with Crippen molar-refractivity contribution in [2.45, 2.75) is 30.7 Å². The Morgan fingerprint density at radius 1 is 1.06 bits per heavy atom. The summed E-state index contributed by atoms with van der Waals surface area (Å²) in [4.78, 5) is 25.5. The second-order valence-electron chi connectivity index (χ2n) is 9.06. The van der Waals surface area contributed by atoms with Crippen LogP contribution in [0.2, 0.25) is 0 Å². The van der Waals surface area contributed by atoms with E-state index in [1.54, 1.807) is 18.2 Å². The zero-order valence-corrected chi connectivity index (χ0v) is 16.8. The molecule has 2 aromatic rings. The number of benzene rings is 2. The molecule has 0 radical (unpaired) electrons. The first-order chi connectivity index (χ1) is 15.0. The van der Waals surface area contributed by atoms with Gasteiger partial charge in [-0.05, 0) is 53.5 Å². The van der Waals surface area contributed by atoms with Gasteiger partial charge in [-0.25, -0.2) is 4.79 Å². The van der Waals surface area contributed by atoms with E-state index >= 15 is 0 Å². The fourth-order valence-electron chi connectivity index (χ4n) is 6.30. The predicted octanol–water partition coefficient (Wildman–Crippen LogP) is 5.19. The lowest BCUT2D eigenvalue weighted by Crippen LogP contribution is -2.46. The number of nitrogens with zero attached hydrogens (tertiary/aromatic N) is 2. The SMILES string of the molecule is O=C(O)c1cc2c3c(c1)[C@@H]1C=CC[C@@H]1[C@H](c1cccc([N+](=O)[O-])c1)N3C[C@H]1CC=C[C@H]21. The molecule has 4 aliphatic rings. The van der Waals surface area contributed by atoms with Crippen molar-refractivity contribution in [3.63, 3.8) is 0 Å². The molecule has 0 amide bonds. The molecular weight excluding hydrogens is 392 g/mol. The molecule has 0 saturated carbocycles. The second kappa shape index (κ2) is 6.54. The van der Waals surface area contributed by atoms with Crippen LogP contribution in [0, 0.1) is 22.0 Å². The van der Waals surface area contributed by atoms with Gasteiger partial charge < -0.3 is 10.0 Å². The summed E-state index contributed by atoms with van der Waals surface area (Å²) in [5.41, 5.74) is 4.76. The average Bonchev–Trinajstić information content (AvgIpc) is 3.43. The molecule has 2 heterocycles. The first kappa shape index (κ1) is 18.4. The molecule has 2 aliphatic carbocycles. The third kappa shape index (κ3) is 2.60. The van der Waals surface area contributed by atoms with Crippen LogP contribution in [0.15, 0.2) is 60.7 Å². The van der Waals surface area contributed by atoms with Crippen LogP contribution >= 0.6 is 0 Å². The summed E-state index contributed by atoms with van der Waals surface area (Å²) in [6.07, 6.45) is 10.7. The summed E-state index contributed by atoms with van der Waals surface area (Å²) in [6.45, 7) is 0.876. The second-order valence-corrected chi connectivity index (χ2v) is 9.06. The Morgan fingerprint density at radius 3 is 2.58 bits per heavy atom. The predicted molar refractivity (Wildman–Crippen MR) is 117 cm³/mol. The van der Waals surface area contributed by atoms with Gasteiger partial charge in [0.2, 0.25) is 0 Å². The normalized spacial score (nSPS) is 29.4. The van der Waals surface area contributed by atoms with Crippen LogP contribution in [0.1, 0.15) is 57.8 Å². The van der Waals surface area contributed by atoms with Crippen LogP contribution < -0.4 is 4.90 Å². The maximum atomic E-state index is 11.9. The van der Waals surface area contributed by atoms with Crippen LogP contribution in [-0.4, -0.2) is 22.5 Å². The molecule has 6 rings (SSSR count). The number of carboxylic acid groups (broad SMARTS) is 1. The summed E-state index contributed by atoms with van der Waals surface area (Å²) in [7, 11) is 0. The lowest BCUT2D eigenvalue weighted by Gasteiger charge is -2.51. The quantitative estimate of drug-likeness (QED) is 0.425. The van der Waals surface area contributed by atoms with Crippen LogP contribution in [0.4, 0.5) is 11.4 Å². The minimum Gasteiger partial charge on any atom is -0.478 e. The summed E-state index contributed by atoms with van der Waals surface area (Å²) in [5.74, 6) is 0.0929. The van der Waals surface area contributed by atoms with Gasteiger partial charge in [-0.2, -0.15) is 0 Å². The molecule has 31 heavy (non-hydrogen) atoms. The largest absolute Gasteiger partial charge is 0.478 e. The smallest absolute Gasteiger partial charge is 0.335 e. The number of aromatic carboxylic acids is 1. The van der Waals surface area contributed by atoms with E-state index in [9.17, 15) is 20.0 Å². The number of allylic oxidation sites excluding steroid dienone is 4. The highest BCUT2D eigenvalue weighted by Crippen LogP contribution is 2.59. The summed E-state index contributed by atoms with van der Waals surface area (Å²) >= 11 is 0. The number of fused-ring (bicyclic) bond motifs is 4. The van der Waals surface area contributed by atoms with Gasteiger partial charge in [0.1, 0.15) is 0 Å². The number of carbonyl (C=O) groups is 1. The fourth-order valence-corrected chi connectivity index (χ4v) is 6.30. The van der Waals surface area contributed by atoms with E-state index in [1.807, 2.05) is 18.2 Å². The van der Waals surface area contributed by atoms with Crippen molar-refractivity contribution in [2.24, 2.45) is 11.8 Å². The molecule has 0 bridgehead atoms. The van der Waals surface area contributed by atoms with Crippen molar-refractivity contribution in [3.8, 4) is 0 Å². The fraction of sp³-hybridized carbons (Fsp3) is 0.320. The molecular formula is C25H22N2O4. The standard InChI is InChI=1S/C25H22N2O4/c28-25(29)16-11-21-18-7-2-5-15(18)13-26-23(14-4-1-6-17(10-14)27(30)31)20-9-3-8-19(20)22(12-16)24(21)26/h1-4,6-8,10-12,15,18-20,23H,5,9,13H2,(H,28,29)/t15-,18+,19-,20+,23+/m1/s1. The zero-order chi connectivity index (χ0) is 21.3. The number of hydrogen-bond donors (Lipinski definition) is 1. The summed E-state index contributed by atoms with van der Waals surface area (Å²) < 4.78 is 0. The molecule has 6 nitrogen and oxygen atoms in total. The van der Waals surface area contributed by atoms with E-state index in [4.69, 9.17) is 0 Å². The van der Waals surface area contributed by atoms with E-state index in [0.29, 0.717) is 11.5 Å². The van der Waals surface area contributed by atoms with E-state index < -0.39 is 5.97 Å². The Hall–Kier alpha value is -3.41. The number of nitro groups is 1. The van der Waals surface area contributed by atoms with Crippen LogP contribution in [0.3, 0.4) is 0 Å². The van der Waals surface area contributed by atoms with Crippen molar-refractivity contribution < 1.29 is 14.8 Å². The van der Waals surface area contributed by atoms with Gasteiger partial charge in [0.05, 0.1) is 16.5 Å². The summed E-state index contributed by atoms with van der Waals surface area (Å²) in [6, 6.07) is 10.8. The van der Waals surface area contributed by atoms with Crippen LogP contribution in [-0.2, 0) is 0 Å². The molecule has 0 saturated heterocycles. The van der Waals surface area contributed by atoms with Gasteiger partial charge in [0, 0.05) is 36.2 Å². The van der Waals surface area contributed by atoms with Crippen molar-refractivity contribution in [1.82, 2.24) is 0 Å². The number of non-ortho nitro benzene ring substituents is 1. The average molecular weight is 414 g/mol. The Kier molecular flexibility index (Phi) is 3.88. The molecule has 6 heteroatoms. The first-order valence-electron chi connectivity index (χ1n) is 10.8. The minimum absolute atomic E-state index is 0.0309. The molecule has 2 aliphatic heterocycles. The lowest BCUT2D eigenvalue weighted by molar-refractivity contribution is -0.384. The Morgan fingerprint density at radius 2 is 1.81 bits per heavy atom. The van der Waals surface area contributed by atoms with Crippen molar-refractivity contribution in [3.05, 3.63) is 93.1 Å². The molecule has 5 atom stereocenters. The Bertz CT molecular complexity index is 1170. The molecule has 156 valence electrons. The van der Waals surface area contributed by atoms with E-state index in [2.05, 4.69) is 29.2 Å². The molecule has 1 N–H and O–H groups in total.